The van der Waals surface area contributed by atoms with Crippen LogP contribution < -0.4 is 0 Å². The Morgan fingerprint density at radius 2 is 1.40 bits per heavy atom. The highest BCUT2D eigenvalue weighted by molar-refractivity contribution is 5.69. The molecule has 0 rings (SSSR count). The topological polar surface area (TPSA) is 26.3 Å². The Morgan fingerprint density at radius 3 is 2.08 bits per heavy atom. The summed E-state index contributed by atoms with van der Waals surface area (Å²) in [4.78, 5) is 11.6. The number of hydrogen-bond donors (Lipinski definition) is 0. The van der Waals surface area contributed by atoms with Gasteiger partial charge in [0.05, 0.1) is 0 Å². The summed E-state index contributed by atoms with van der Waals surface area (Å²) < 4.78 is 5.25. The lowest BCUT2D eigenvalue weighted by Crippen LogP contribution is -2.04. The van der Waals surface area contributed by atoms with Crippen molar-refractivity contribution in [2.75, 3.05) is 6.61 Å². The van der Waals surface area contributed by atoms with Crippen molar-refractivity contribution in [3.63, 3.8) is 0 Å². The highest BCUT2D eigenvalue weighted by Gasteiger charge is 2.08. The molecule has 0 aliphatic heterocycles. The van der Waals surface area contributed by atoms with Crippen molar-refractivity contribution in [1.82, 2.24) is 0 Å². The van der Waals surface area contributed by atoms with E-state index < -0.39 is 0 Å². The molecular weight excluding hydrogens is 308 g/mol. The summed E-state index contributed by atoms with van der Waals surface area (Å²) in [7, 11) is 0. The predicted molar refractivity (Wildman–Crippen MR) is 110 cm³/mol. The third-order valence-corrected chi connectivity index (χ3v) is 4.54. The monoisotopic (exact) mass is 352 g/mol. The van der Waals surface area contributed by atoms with Crippen molar-refractivity contribution in [3.8, 4) is 0 Å². The van der Waals surface area contributed by atoms with Crippen LogP contribution in [-0.4, -0.2) is 12.6 Å². The van der Waals surface area contributed by atoms with Gasteiger partial charge in [-0.2, -0.15) is 0 Å². The summed E-state index contributed by atoms with van der Waals surface area (Å²) in [6.07, 6.45) is 21.0. The summed E-state index contributed by atoms with van der Waals surface area (Å²) in [6.45, 7) is 9.58. The van der Waals surface area contributed by atoms with Gasteiger partial charge in [0.2, 0.25) is 0 Å². The number of allylic oxidation sites excluding steroid dienone is 1. The Kier molecular flexibility index (Phi) is 16.1. The summed E-state index contributed by atoms with van der Waals surface area (Å²) in [5.41, 5.74) is 0.451. The van der Waals surface area contributed by atoms with Crippen molar-refractivity contribution in [2.45, 2.75) is 118 Å². The van der Waals surface area contributed by atoms with Gasteiger partial charge in [0, 0.05) is 6.42 Å². The molecule has 0 amide bonds. The van der Waals surface area contributed by atoms with E-state index in [1.807, 2.05) is 6.08 Å². The zero-order valence-corrected chi connectivity index (χ0v) is 17.6. The fourth-order valence-electron chi connectivity index (χ4n) is 2.90. The minimum atomic E-state index is -0.0427. The summed E-state index contributed by atoms with van der Waals surface area (Å²) in [5, 5.41) is 0. The first-order valence-electron chi connectivity index (χ1n) is 10.8. The summed E-state index contributed by atoms with van der Waals surface area (Å²) in [6, 6.07) is 0. The maximum Gasteiger partial charge on any atom is 0.306 e. The highest BCUT2D eigenvalue weighted by Crippen LogP contribution is 2.22. The largest absolute Gasteiger partial charge is 0.461 e. The number of unbranched alkanes of at least 4 members (excludes halogenated alkanes) is 10. The first-order chi connectivity index (χ1) is 12.0. The number of hydrogen-bond acceptors (Lipinski definition) is 2. The van der Waals surface area contributed by atoms with Crippen molar-refractivity contribution in [1.29, 1.82) is 0 Å². The maximum absolute atomic E-state index is 11.6. The Hall–Kier alpha value is -0.790. The molecule has 2 nitrogen and oxygen atoms in total. The van der Waals surface area contributed by atoms with E-state index in [1.165, 1.54) is 64.2 Å². The molecule has 0 aliphatic carbocycles. The molecule has 0 fully saturated rings. The van der Waals surface area contributed by atoms with Gasteiger partial charge in [-0.05, 0) is 31.1 Å². The molecule has 0 saturated carbocycles. The SMILES string of the molecule is CCCCCCCC/C=C\COC(=O)CCCCCCCC(C)(C)C. The molecule has 0 aromatic rings. The van der Waals surface area contributed by atoms with E-state index in [2.05, 4.69) is 33.8 Å². The molecule has 0 heterocycles. The Bertz CT molecular complexity index is 325. The molecule has 0 aromatic carbocycles. The van der Waals surface area contributed by atoms with Gasteiger partial charge in [0.1, 0.15) is 6.61 Å². The molecule has 0 saturated heterocycles. The lowest BCUT2D eigenvalue weighted by Gasteiger charge is -2.17. The molecule has 148 valence electrons. The number of carbonyl (C=O) groups excluding carboxylic acids is 1. The zero-order valence-electron chi connectivity index (χ0n) is 17.6. The van der Waals surface area contributed by atoms with Crippen LogP contribution >= 0.6 is 0 Å². The van der Waals surface area contributed by atoms with Gasteiger partial charge in [-0.25, -0.2) is 0 Å². The lowest BCUT2D eigenvalue weighted by molar-refractivity contribution is -0.142. The molecule has 0 radical (unpaired) electrons. The second-order valence-electron chi connectivity index (χ2n) is 8.54. The second kappa shape index (κ2) is 16.7. The minimum Gasteiger partial charge on any atom is -0.461 e. The number of ether oxygens (including phenoxy) is 1. The Morgan fingerprint density at radius 1 is 0.800 bits per heavy atom. The minimum absolute atomic E-state index is 0.0427. The average Bonchev–Trinajstić information content (AvgIpc) is 2.54. The fourth-order valence-corrected chi connectivity index (χ4v) is 2.90. The van der Waals surface area contributed by atoms with Gasteiger partial charge in [-0.1, -0.05) is 97.6 Å². The molecular formula is C23H44O2. The van der Waals surface area contributed by atoms with Crippen LogP contribution in [-0.2, 0) is 9.53 Å². The molecule has 0 spiro atoms. The van der Waals surface area contributed by atoms with E-state index in [-0.39, 0.29) is 5.97 Å². The molecule has 0 unspecified atom stereocenters. The van der Waals surface area contributed by atoms with Crippen LogP contribution in [0.1, 0.15) is 118 Å². The van der Waals surface area contributed by atoms with Crippen molar-refractivity contribution in [2.24, 2.45) is 5.41 Å². The van der Waals surface area contributed by atoms with Crippen molar-refractivity contribution in [3.05, 3.63) is 12.2 Å². The van der Waals surface area contributed by atoms with E-state index in [4.69, 9.17) is 4.74 Å². The fraction of sp³-hybridized carbons (Fsp3) is 0.870. The molecule has 0 N–H and O–H groups in total. The third kappa shape index (κ3) is 21.2. The van der Waals surface area contributed by atoms with E-state index in [9.17, 15) is 4.79 Å². The van der Waals surface area contributed by atoms with E-state index in [0.717, 1.165) is 19.3 Å². The maximum atomic E-state index is 11.6. The normalized spacial score (nSPS) is 12.0. The number of esters is 1. The van der Waals surface area contributed by atoms with E-state index in [0.29, 0.717) is 18.4 Å². The first kappa shape index (κ1) is 24.2. The molecule has 0 atom stereocenters. The van der Waals surface area contributed by atoms with Crippen LogP contribution in [0.3, 0.4) is 0 Å². The highest BCUT2D eigenvalue weighted by atomic mass is 16.5. The van der Waals surface area contributed by atoms with Crippen LogP contribution in [0.2, 0.25) is 0 Å². The molecule has 2 heteroatoms. The quantitative estimate of drug-likeness (QED) is 0.162. The van der Waals surface area contributed by atoms with Crippen LogP contribution in [0.5, 0.6) is 0 Å². The van der Waals surface area contributed by atoms with Gasteiger partial charge in [-0.3, -0.25) is 4.79 Å². The van der Waals surface area contributed by atoms with Crippen LogP contribution in [0, 0.1) is 5.41 Å². The van der Waals surface area contributed by atoms with Crippen LogP contribution in [0.25, 0.3) is 0 Å². The first-order valence-corrected chi connectivity index (χ1v) is 10.8. The molecule has 0 aliphatic rings. The predicted octanol–water partition coefficient (Wildman–Crippen LogP) is 7.61. The summed E-state index contributed by atoms with van der Waals surface area (Å²) in [5.74, 6) is -0.0427. The number of rotatable bonds is 16. The lowest BCUT2D eigenvalue weighted by atomic mass is 9.89. The van der Waals surface area contributed by atoms with E-state index in [1.54, 1.807) is 0 Å². The smallest absolute Gasteiger partial charge is 0.306 e. The zero-order chi connectivity index (χ0) is 18.8. The Labute approximate surface area is 157 Å². The summed E-state index contributed by atoms with van der Waals surface area (Å²) >= 11 is 0. The van der Waals surface area contributed by atoms with Gasteiger partial charge in [0.25, 0.3) is 0 Å². The Balaban J connectivity index is 3.31. The van der Waals surface area contributed by atoms with Crippen molar-refractivity contribution < 1.29 is 9.53 Å². The standard InChI is InChI=1S/C23H44O2/c1-5-6-7-8-9-10-11-15-18-21-25-22(24)19-16-13-12-14-17-20-23(2,3)4/h15,18H,5-14,16-17,19-21H2,1-4H3/b18-15-. The van der Waals surface area contributed by atoms with Crippen LogP contribution in [0.4, 0.5) is 0 Å². The molecule has 0 bridgehead atoms. The van der Waals surface area contributed by atoms with Gasteiger partial charge >= 0.3 is 5.97 Å². The molecule has 25 heavy (non-hydrogen) atoms. The molecule has 0 aromatic heterocycles. The second-order valence-corrected chi connectivity index (χ2v) is 8.54. The van der Waals surface area contributed by atoms with Gasteiger partial charge < -0.3 is 4.74 Å². The number of carbonyl (C=O) groups is 1. The van der Waals surface area contributed by atoms with Gasteiger partial charge in [0.15, 0.2) is 0 Å². The van der Waals surface area contributed by atoms with Gasteiger partial charge in [-0.15, -0.1) is 0 Å². The third-order valence-electron chi connectivity index (χ3n) is 4.54. The van der Waals surface area contributed by atoms with E-state index >= 15 is 0 Å². The van der Waals surface area contributed by atoms with Crippen molar-refractivity contribution >= 4 is 5.97 Å². The van der Waals surface area contributed by atoms with Crippen LogP contribution in [0.15, 0.2) is 12.2 Å². The average molecular weight is 353 g/mol.